The fourth-order valence-corrected chi connectivity index (χ4v) is 5.33. The van der Waals surface area contributed by atoms with E-state index in [0.717, 1.165) is 20.5 Å². The molecule has 0 bridgehead atoms. The van der Waals surface area contributed by atoms with Crippen LogP contribution >= 0.6 is 27.3 Å². The van der Waals surface area contributed by atoms with Crippen LogP contribution in [0.25, 0.3) is 11.4 Å². The van der Waals surface area contributed by atoms with Crippen LogP contribution in [0, 0.1) is 5.92 Å². The van der Waals surface area contributed by atoms with E-state index in [2.05, 4.69) is 52.0 Å². The minimum absolute atomic E-state index is 0.0832. The van der Waals surface area contributed by atoms with Gasteiger partial charge in [0, 0.05) is 42.3 Å². The first kappa shape index (κ1) is 26.9. The fourth-order valence-electron chi connectivity index (χ4n) is 4.16. The second kappa shape index (κ2) is 11.1. The highest BCUT2D eigenvalue weighted by Crippen LogP contribution is 2.29. The number of aliphatic carboxylic acids is 1. The molecular formula is C27H29BrN4O4S. The number of carbonyl (C=O) groups excluding carboxylic acids is 2. The Morgan fingerprint density at radius 1 is 1.14 bits per heavy atom. The highest BCUT2D eigenvalue weighted by molar-refractivity contribution is 9.10. The van der Waals surface area contributed by atoms with Gasteiger partial charge in [0.05, 0.1) is 15.3 Å². The first-order valence-electron chi connectivity index (χ1n) is 12.0. The smallest absolute Gasteiger partial charge is 0.308 e. The molecule has 0 aliphatic carbocycles. The third-order valence-corrected chi connectivity index (χ3v) is 8.21. The molecule has 194 valence electrons. The molecule has 2 atom stereocenters. The highest BCUT2D eigenvalue weighted by Gasteiger charge is 2.35. The van der Waals surface area contributed by atoms with Crippen LogP contribution < -0.4 is 5.32 Å². The first-order chi connectivity index (χ1) is 17.5. The number of carbonyl (C=O) groups is 3. The van der Waals surface area contributed by atoms with Crippen LogP contribution in [0.4, 0.5) is 0 Å². The summed E-state index contributed by atoms with van der Waals surface area (Å²) in [7, 11) is 0. The fraction of sp³-hybridized carbons (Fsp3) is 0.370. The Labute approximate surface area is 228 Å². The van der Waals surface area contributed by atoms with E-state index < -0.39 is 17.9 Å². The molecule has 1 aliphatic heterocycles. The van der Waals surface area contributed by atoms with Crippen molar-refractivity contribution in [2.24, 2.45) is 5.92 Å². The van der Waals surface area contributed by atoms with Gasteiger partial charge in [-0.25, -0.2) is 9.97 Å². The monoisotopic (exact) mass is 584 g/mol. The van der Waals surface area contributed by atoms with Crippen molar-refractivity contribution in [3.8, 4) is 11.4 Å². The molecular weight excluding hydrogens is 556 g/mol. The van der Waals surface area contributed by atoms with Crippen LogP contribution in [0.15, 0.2) is 53.3 Å². The topological polar surface area (TPSA) is 112 Å². The van der Waals surface area contributed by atoms with Crippen LogP contribution in [0.3, 0.4) is 0 Å². The maximum absolute atomic E-state index is 13.5. The quantitative estimate of drug-likeness (QED) is 0.421. The Morgan fingerprint density at radius 2 is 1.81 bits per heavy atom. The second-order valence-corrected chi connectivity index (χ2v) is 12.2. The molecule has 2 aromatic heterocycles. The van der Waals surface area contributed by atoms with E-state index in [1.54, 1.807) is 23.4 Å². The number of aromatic nitrogens is 2. The highest BCUT2D eigenvalue weighted by atomic mass is 79.9. The lowest BCUT2D eigenvalue weighted by Crippen LogP contribution is -2.49. The molecule has 8 nitrogen and oxygen atoms in total. The molecule has 2 N–H and O–H groups in total. The van der Waals surface area contributed by atoms with E-state index in [-0.39, 0.29) is 30.2 Å². The normalized spacial score (nSPS) is 16.4. The van der Waals surface area contributed by atoms with Gasteiger partial charge in [-0.3, -0.25) is 14.4 Å². The Morgan fingerprint density at radius 3 is 2.38 bits per heavy atom. The molecule has 2 unspecified atom stereocenters. The molecule has 1 aromatic carbocycles. The van der Waals surface area contributed by atoms with Gasteiger partial charge >= 0.3 is 5.97 Å². The third-order valence-electron chi connectivity index (χ3n) is 6.29. The van der Waals surface area contributed by atoms with E-state index in [1.807, 2.05) is 30.3 Å². The van der Waals surface area contributed by atoms with Crippen molar-refractivity contribution in [3.05, 3.63) is 68.6 Å². The Kier molecular flexibility index (Phi) is 8.08. The molecule has 0 radical (unpaired) electrons. The van der Waals surface area contributed by atoms with Crippen molar-refractivity contribution in [2.75, 3.05) is 13.1 Å². The predicted molar refractivity (Wildman–Crippen MR) is 145 cm³/mol. The summed E-state index contributed by atoms with van der Waals surface area (Å²) in [6.07, 6.45) is 4.04. The number of thiophene rings is 1. The minimum Gasteiger partial charge on any atom is -0.481 e. The van der Waals surface area contributed by atoms with Gasteiger partial charge in [-0.1, -0.05) is 45.0 Å². The van der Waals surface area contributed by atoms with Gasteiger partial charge in [0.15, 0.2) is 5.82 Å². The average Bonchev–Trinajstić information content (AvgIpc) is 3.55. The van der Waals surface area contributed by atoms with Crippen LogP contribution in [-0.2, 0) is 21.4 Å². The van der Waals surface area contributed by atoms with Crippen molar-refractivity contribution in [1.29, 1.82) is 0 Å². The number of benzene rings is 1. The van der Waals surface area contributed by atoms with Crippen molar-refractivity contribution in [1.82, 2.24) is 20.2 Å². The summed E-state index contributed by atoms with van der Waals surface area (Å²) in [4.78, 5) is 49.8. The van der Waals surface area contributed by atoms with Gasteiger partial charge in [-0.05, 0) is 45.5 Å². The molecule has 0 spiro atoms. The predicted octanol–water partition coefficient (Wildman–Crippen LogP) is 4.54. The van der Waals surface area contributed by atoms with Gasteiger partial charge in [-0.15, -0.1) is 11.3 Å². The number of nitrogens with one attached hydrogen (secondary N) is 1. The molecule has 37 heavy (non-hydrogen) atoms. The van der Waals surface area contributed by atoms with E-state index >= 15 is 0 Å². The van der Waals surface area contributed by atoms with Gasteiger partial charge in [0.1, 0.15) is 6.04 Å². The summed E-state index contributed by atoms with van der Waals surface area (Å²) in [6, 6.07) is 10.4. The Bertz CT molecular complexity index is 1280. The zero-order valence-electron chi connectivity index (χ0n) is 20.9. The zero-order chi connectivity index (χ0) is 26.7. The standard InChI is InChI=1S/C27H29BrN4O4S/c1-27(2,3)22-9-8-21(37-22)24(33)31-20(25(34)32-11-10-18(15-32)26(35)36)12-16-4-6-17(7-5-16)23-29-13-19(28)14-30-23/h4-9,13-14,18,20H,10-12,15H2,1-3H3,(H,31,33)(H,35,36). The number of rotatable bonds is 7. The van der Waals surface area contributed by atoms with E-state index in [9.17, 15) is 19.5 Å². The molecule has 4 rings (SSSR count). The minimum atomic E-state index is -0.907. The summed E-state index contributed by atoms with van der Waals surface area (Å²) >= 11 is 4.74. The molecule has 1 aliphatic rings. The molecule has 1 fully saturated rings. The number of nitrogens with zero attached hydrogens (tertiary/aromatic N) is 3. The number of likely N-dealkylation sites (tertiary alicyclic amines) is 1. The van der Waals surface area contributed by atoms with E-state index in [1.165, 1.54) is 11.3 Å². The number of halogens is 1. The van der Waals surface area contributed by atoms with Gasteiger partial charge in [0.25, 0.3) is 5.91 Å². The lowest BCUT2D eigenvalue weighted by atomic mass is 9.95. The van der Waals surface area contributed by atoms with Crippen LogP contribution in [0.5, 0.6) is 0 Å². The number of hydrogen-bond donors (Lipinski definition) is 2. The van der Waals surface area contributed by atoms with Gasteiger partial charge in [-0.2, -0.15) is 0 Å². The second-order valence-electron chi connectivity index (χ2n) is 10.2. The lowest BCUT2D eigenvalue weighted by molar-refractivity contribution is -0.141. The van der Waals surface area contributed by atoms with Crippen LogP contribution in [0.2, 0.25) is 0 Å². The first-order valence-corrected chi connectivity index (χ1v) is 13.6. The molecule has 10 heteroatoms. The zero-order valence-corrected chi connectivity index (χ0v) is 23.3. The number of hydrogen-bond acceptors (Lipinski definition) is 6. The van der Waals surface area contributed by atoms with Crippen molar-refractivity contribution in [3.63, 3.8) is 0 Å². The van der Waals surface area contributed by atoms with Gasteiger partial charge in [0.2, 0.25) is 5.91 Å². The van der Waals surface area contributed by atoms with Crippen molar-refractivity contribution in [2.45, 2.75) is 45.1 Å². The molecule has 3 aromatic rings. The third kappa shape index (κ3) is 6.61. The maximum Gasteiger partial charge on any atom is 0.308 e. The SMILES string of the molecule is CC(C)(C)c1ccc(C(=O)NC(Cc2ccc(-c3ncc(Br)cn3)cc2)C(=O)N2CCC(C(=O)O)C2)s1. The van der Waals surface area contributed by atoms with Gasteiger partial charge < -0.3 is 15.3 Å². The lowest BCUT2D eigenvalue weighted by Gasteiger charge is -2.24. The van der Waals surface area contributed by atoms with Crippen molar-refractivity contribution < 1.29 is 19.5 Å². The average molecular weight is 586 g/mol. The summed E-state index contributed by atoms with van der Waals surface area (Å²) in [6.45, 7) is 6.76. The molecule has 1 saturated heterocycles. The Hall–Kier alpha value is -3.11. The summed E-state index contributed by atoms with van der Waals surface area (Å²) in [5.41, 5.74) is 1.61. The van der Waals surface area contributed by atoms with Crippen molar-refractivity contribution >= 4 is 45.1 Å². The summed E-state index contributed by atoms with van der Waals surface area (Å²) in [5.74, 6) is -1.50. The number of carboxylic acids is 1. The van der Waals surface area contributed by atoms with E-state index in [0.29, 0.717) is 23.7 Å². The maximum atomic E-state index is 13.5. The number of amides is 2. The number of carboxylic acid groups (broad SMARTS) is 1. The Balaban J connectivity index is 1.53. The molecule has 0 saturated carbocycles. The summed E-state index contributed by atoms with van der Waals surface area (Å²) in [5, 5.41) is 12.3. The largest absolute Gasteiger partial charge is 0.481 e. The molecule has 2 amide bonds. The summed E-state index contributed by atoms with van der Waals surface area (Å²) < 4.78 is 0.789. The molecule has 3 heterocycles. The van der Waals surface area contributed by atoms with Crippen LogP contribution in [0.1, 0.15) is 47.3 Å². The van der Waals surface area contributed by atoms with E-state index in [4.69, 9.17) is 0 Å². The van der Waals surface area contributed by atoms with Crippen LogP contribution in [-0.4, -0.2) is 56.9 Å².